The van der Waals surface area contributed by atoms with Crippen LogP contribution in [0.5, 0.6) is 0 Å². The zero-order valence-electron chi connectivity index (χ0n) is 11.5. The fourth-order valence-corrected chi connectivity index (χ4v) is 1.94. The molecule has 0 saturated carbocycles. The molecule has 1 aromatic heterocycles. The van der Waals surface area contributed by atoms with Crippen LogP contribution < -0.4 is 11.1 Å². The van der Waals surface area contributed by atoms with Gasteiger partial charge in [0.2, 0.25) is 11.7 Å². The summed E-state index contributed by atoms with van der Waals surface area (Å²) < 4.78 is 0. The molecule has 2 rings (SSSR count). The summed E-state index contributed by atoms with van der Waals surface area (Å²) in [6, 6.07) is 7.30. The molecule has 4 N–H and O–H groups in total. The van der Waals surface area contributed by atoms with E-state index in [2.05, 4.69) is 25.9 Å². The molecule has 0 fully saturated rings. The fourth-order valence-electron chi connectivity index (χ4n) is 1.94. The topological polar surface area (TPSA) is 110 Å². The van der Waals surface area contributed by atoms with Gasteiger partial charge in [0, 0.05) is 17.8 Å². The molecule has 2 aromatic rings. The van der Waals surface area contributed by atoms with Gasteiger partial charge >= 0.3 is 0 Å². The molecule has 1 atom stereocenters. The summed E-state index contributed by atoms with van der Waals surface area (Å²) >= 11 is 0. The molecule has 1 unspecified atom stereocenters. The van der Waals surface area contributed by atoms with Gasteiger partial charge in [0.25, 0.3) is 0 Å². The molecule has 0 bridgehead atoms. The first kappa shape index (κ1) is 14.1. The van der Waals surface area contributed by atoms with Crippen LogP contribution in [0.4, 0.5) is 5.69 Å². The van der Waals surface area contributed by atoms with E-state index in [0.29, 0.717) is 18.1 Å². The van der Waals surface area contributed by atoms with Gasteiger partial charge in [0.1, 0.15) is 0 Å². The van der Waals surface area contributed by atoms with Gasteiger partial charge in [-0.15, -0.1) is 10.2 Å². The largest absolute Gasteiger partial charge is 0.330 e. The number of rotatable bonds is 5. The van der Waals surface area contributed by atoms with Gasteiger partial charge in [-0.05, 0) is 23.3 Å². The van der Waals surface area contributed by atoms with E-state index in [-0.39, 0.29) is 17.7 Å². The number of hydrogen-bond donors (Lipinski definition) is 3. The Bertz CT molecular complexity index is 566. The zero-order chi connectivity index (χ0) is 14.5. The van der Waals surface area contributed by atoms with Gasteiger partial charge in [0.05, 0.1) is 5.92 Å². The molecular formula is C13H18N6O. The van der Waals surface area contributed by atoms with Gasteiger partial charge in [0.15, 0.2) is 0 Å². The quantitative estimate of drug-likeness (QED) is 0.754. The number of anilines is 1. The maximum absolute atomic E-state index is 12.1. The minimum Gasteiger partial charge on any atom is -0.330 e. The number of hydrogen-bond acceptors (Lipinski definition) is 5. The van der Waals surface area contributed by atoms with Crippen molar-refractivity contribution in [1.82, 2.24) is 20.6 Å². The van der Waals surface area contributed by atoms with Crippen LogP contribution in [-0.4, -0.2) is 33.1 Å². The van der Waals surface area contributed by atoms with Gasteiger partial charge in [-0.2, -0.15) is 5.21 Å². The molecule has 1 heterocycles. The Morgan fingerprint density at radius 1 is 1.45 bits per heavy atom. The first-order valence-electron chi connectivity index (χ1n) is 6.46. The number of aromatic nitrogens is 4. The highest BCUT2D eigenvalue weighted by Crippen LogP contribution is 2.19. The SMILES string of the molecule is CC(C)C(CN)C(=O)Nc1cccc(-c2nn[nH]n2)c1. The van der Waals surface area contributed by atoms with Crippen LogP contribution in [0.3, 0.4) is 0 Å². The van der Waals surface area contributed by atoms with Crippen LogP contribution in [-0.2, 0) is 4.79 Å². The number of benzene rings is 1. The summed E-state index contributed by atoms with van der Waals surface area (Å²) in [6.45, 7) is 4.29. The lowest BCUT2D eigenvalue weighted by atomic mass is 9.95. The van der Waals surface area contributed by atoms with Crippen molar-refractivity contribution in [3.63, 3.8) is 0 Å². The molecule has 1 amide bonds. The highest BCUT2D eigenvalue weighted by molar-refractivity contribution is 5.93. The summed E-state index contributed by atoms with van der Waals surface area (Å²) in [5, 5.41) is 16.6. The highest BCUT2D eigenvalue weighted by Gasteiger charge is 2.20. The van der Waals surface area contributed by atoms with Crippen molar-refractivity contribution >= 4 is 11.6 Å². The second kappa shape index (κ2) is 6.25. The third-order valence-corrected chi connectivity index (χ3v) is 3.13. The molecule has 0 aliphatic carbocycles. The van der Waals surface area contributed by atoms with Crippen molar-refractivity contribution < 1.29 is 4.79 Å². The Kier molecular flexibility index (Phi) is 4.41. The number of nitrogens with one attached hydrogen (secondary N) is 2. The third-order valence-electron chi connectivity index (χ3n) is 3.13. The Morgan fingerprint density at radius 2 is 2.25 bits per heavy atom. The summed E-state index contributed by atoms with van der Waals surface area (Å²) in [5.41, 5.74) is 7.12. The lowest BCUT2D eigenvalue weighted by Gasteiger charge is -2.18. The average Bonchev–Trinajstić information content (AvgIpc) is 2.93. The van der Waals surface area contributed by atoms with Gasteiger partial charge in [-0.25, -0.2) is 0 Å². The number of carbonyl (C=O) groups is 1. The Balaban J connectivity index is 2.14. The van der Waals surface area contributed by atoms with Gasteiger partial charge in [-0.3, -0.25) is 4.79 Å². The Morgan fingerprint density at radius 3 is 2.85 bits per heavy atom. The molecular weight excluding hydrogens is 256 g/mol. The molecule has 0 aliphatic rings. The van der Waals surface area contributed by atoms with E-state index >= 15 is 0 Å². The molecule has 1 aromatic carbocycles. The predicted octanol–water partition coefficient (Wildman–Crippen LogP) is 1.04. The van der Waals surface area contributed by atoms with Crippen molar-refractivity contribution in [1.29, 1.82) is 0 Å². The van der Waals surface area contributed by atoms with Crippen molar-refractivity contribution in [2.75, 3.05) is 11.9 Å². The minimum absolute atomic E-state index is 0.0761. The number of nitrogens with two attached hydrogens (primary N) is 1. The molecule has 7 heteroatoms. The van der Waals surface area contributed by atoms with Crippen molar-refractivity contribution in [3.8, 4) is 11.4 Å². The molecule has 0 spiro atoms. The molecule has 106 valence electrons. The van der Waals surface area contributed by atoms with Crippen LogP contribution in [0.1, 0.15) is 13.8 Å². The Hall–Kier alpha value is -2.28. The highest BCUT2D eigenvalue weighted by atomic mass is 16.1. The number of carbonyl (C=O) groups excluding carboxylic acids is 1. The Labute approximate surface area is 117 Å². The third kappa shape index (κ3) is 3.18. The second-order valence-corrected chi connectivity index (χ2v) is 4.89. The first-order chi connectivity index (χ1) is 9.61. The van der Waals surface area contributed by atoms with Crippen molar-refractivity contribution in [2.24, 2.45) is 17.6 Å². The number of aromatic amines is 1. The lowest BCUT2D eigenvalue weighted by Crippen LogP contribution is -2.33. The van der Waals surface area contributed by atoms with Crippen LogP contribution in [0.2, 0.25) is 0 Å². The maximum atomic E-state index is 12.1. The monoisotopic (exact) mass is 274 g/mol. The molecule has 20 heavy (non-hydrogen) atoms. The maximum Gasteiger partial charge on any atom is 0.229 e. The summed E-state index contributed by atoms with van der Waals surface area (Å²) in [6.07, 6.45) is 0. The minimum atomic E-state index is -0.205. The van der Waals surface area contributed by atoms with E-state index < -0.39 is 0 Å². The van der Waals surface area contributed by atoms with Gasteiger partial charge < -0.3 is 11.1 Å². The van der Waals surface area contributed by atoms with Crippen LogP contribution in [0.25, 0.3) is 11.4 Å². The number of nitrogens with zero attached hydrogens (tertiary/aromatic N) is 3. The van der Waals surface area contributed by atoms with Crippen LogP contribution in [0, 0.1) is 11.8 Å². The summed E-state index contributed by atoms with van der Waals surface area (Å²) in [4.78, 5) is 12.1. The van der Waals surface area contributed by atoms with E-state index in [1.165, 1.54) is 0 Å². The zero-order valence-corrected chi connectivity index (χ0v) is 11.5. The van der Waals surface area contributed by atoms with E-state index in [9.17, 15) is 4.79 Å². The van der Waals surface area contributed by atoms with E-state index in [1.807, 2.05) is 32.0 Å². The number of H-pyrrole nitrogens is 1. The van der Waals surface area contributed by atoms with Crippen molar-refractivity contribution in [3.05, 3.63) is 24.3 Å². The second-order valence-electron chi connectivity index (χ2n) is 4.89. The summed E-state index contributed by atoms with van der Waals surface area (Å²) in [7, 11) is 0. The predicted molar refractivity (Wildman–Crippen MR) is 75.6 cm³/mol. The van der Waals surface area contributed by atoms with E-state index in [0.717, 1.165) is 5.56 Å². The van der Waals surface area contributed by atoms with Crippen LogP contribution >= 0.6 is 0 Å². The number of tetrazole rings is 1. The van der Waals surface area contributed by atoms with E-state index in [4.69, 9.17) is 5.73 Å². The van der Waals surface area contributed by atoms with E-state index in [1.54, 1.807) is 6.07 Å². The smallest absolute Gasteiger partial charge is 0.229 e. The normalized spacial score (nSPS) is 12.4. The molecule has 0 radical (unpaired) electrons. The van der Waals surface area contributed by atoms with Crippen molar-refractivity contribution in [2.45, 2.75) is 13.8 Å². The van der Waals surface area contributed by atoms with Gasteiger partial charge in [-0.1, -0.05) is 26.0 Å². The molecule has 0 saturated heterocycles. The fraction of sp³-hybridized carbons (Fsp3) is 0.385. The lowest BCUT2D eigenvalue weighted by molar-refractivity contribution is -0.120. The van der Waals surface area contributed by atoms with Crippen LogP contribution in [0.15, 0.2) is 24.3 Å². The standard InChI is InChI=1S/C13H18N6O/c1-8(2)11(7-14)13(20)15-10-5-3-4-9(6-10)12-16-18-19-17-12/h3-6,8,11H,7,14H2,1-2H3,(H,15,20)(H,16,17,18,19). The average molecular weight is 274 g/mol. The first-order valence-corrected chi connectivity index (χ1v) is 6.46. The molecule has 7 nitrogen and oxygen atoms in total. The summed E-state index contributed by atoms with van der Waals surface area (Å²) in [5.74, 6) is 0.400. The number of amides is 1. The molecule has 0 aliphatic heterocycles.